The molecule has 0 unspecified atom stereocenters. The fraction of sp³-hybridized carbons (Fsp3) is 0.176. The summed E-state index contributed by atoms with van der Waals surface area (Å²) in [6.07, 6.45) is 0.152. The van der Waals surface area contributed by atoms with Crippen molar-refractivity contribution in [3.63, 3.8) is 0 Å². The first-order valence-electron chi connectivity index (χ1n) is 8.04. The highest BCUT2D eigenvalue weighted by Gasteiger charge is 2.12. The number of thiophene rings is 1. The van der Waals surface area contributed by atoms with E-state index in [1.54, 1.807) is 4.57 Å². The molecule has 0 saturated carbocycles. The molecular weight excluding hydrogens is 389 g/mol. The van der Waals surface area contributed by atoms with Crippen LogP contribution in [-0.4, -0.2) is 26.6 Å². The number of carbonyl (C=O) groups is 2. The third kappa shape index (κ3) is 5.08. The number of aromatic nitrogens is 3. The van der Waals surface area contributed by atoms with Crippen molar-refractivity contribution in [1.82, 2.24) is 25.6 Å². The molecule has 0 saturated heterocycles. The highest BCUT2D eigenvalue weighted by molar-refractivity contribution is 7.71. The molecule has 3 aromatic rings. The van der Waals surface area contributed by atoms with Crippen molar-refractivity contribution in [2.24, 2.45) is 0 Å². The lowest BCUT2D eigenvalue weighted by Gasteiger charge is -2.09. The number of nitrogens with one attached hydrogen (secondary N) is 3. The lowest BCUT2D eigenvalue weighted by Crippen LogP contribution is -2.42. The molecule has 0 aliphatic rings. The summed E-state index contributed by atoms with van der Waals surface area (Å²) < 4.78 is 15.0. The van der Waals surface area contributed by atoms with Crippen LogP contribution < -0.4 is 10.9 Å². The molecule has 27 heavy (non-hydrogen) atoms. The molecule has 0 radical (unpaired) electrons. The Labute approximate surface area is 163 Å². The molecular formula is C17H16FN5O2S2. The molecule has 3 rings (SSSR count). The lowest BCUT2D eigenvalue weighted by atomic mass is 10.1. The van der Waals surface area contributed by atoms with Crippen molar-refractivity contribution in [2.75, 3.05) is 0 Å². The summed E-state index contributed by atoms with van der Waals surface area (Å²) in [4.78, 5) is 24.8. The minimum atomic E-state index is -0.394. The van der Waals surface area contributed by atoms with Crippen molar-refractivity contribution in [2.45, 2.75) is 19.4 Å². The fourth-order valence-electron chi connectivity index (χ4n) is 2.37. The molecule has 140 valence electrons. The number of hydrogen-bond donors (Lipinski definition) is 3. The Morgan fingerprint density at radius 2 is 1.93 bits per heavy atom. The van der Waals surface area contributed by atoms with Crippen molar-refractivity contribution in [1.29, 1.82) is 0 Å². The number of hydrogen-bond acceptors (Lipinski definition) is 5. The second-order valence-electron chi connectivity index (χ2n) is 5.63. The maximum atomic E-state index is 12.9. The maximum absolute atomic E-state index is 12.9. The Bertz CT molecular complexity index is 980. The molecule has 3 N–H and O–H groups in total. The van der Waals surface area contributed by atoms with Crippen molar-refractivity contribution in [3.8, 4) is 10.7 Å². The second kappa shape index (κ2) is 8.69. The molecule has 0 spiro atoms. The van der Waals surface area contributed by atoms with E-state index < -0.39 is 5.91 Å². The van der Waals surface area contributed by atoms with Gasteiger partial charge in [-0.2, -0.15) is 5.10 Å². The van der Waals surface area contributed by atoms with Gasteiger partial charge in [0.05, 0.1) is 11.3 Å². The molecule has 2 aromatic heterocycles. The van der Waals surface area contributed by atoms with Crippen molar-refractivity contribution < 1.29 is 14.0 Å². The maximum Gasteiger partial charge on any atom is 0.242 e. The van der Waals surface area contributed by atoms with Crippen LogP contribution in [-0.2, 0) is 22.6 Å². The van der Waals surface area contributed by atoms with Crippen LogP contribution >= 0.6 is 23.6 Å². The van der Waals surface area contributed by atoms with E-state index in [2.05, 4.69) is 21.0 Å². The molecule has 0 fully saturated rings. The fourth-order valence-corrected chi connectivity index (χ4v) is 3.31. The first kappa shape index (κ1) is 18.9. The van der Waals surface area contributed by atoms with Crippen molar-refractivity contribution in [3.05, 3.63) is 57.9 Å². The summed E-state index contributed by atoms with van der Waals surface area (Å²) in [6.45, 7) is 0.322. The van der Waals surface area contributed by atoms with Gasteiger partial charge in [-0.15, -0.1) is 11.3 Å². The van der Waals surface area contributed by atoms with Crippen LogP contribution in [0, 0.1) is 10.6 Å². The minimum absolute atomic E-state index is 0.0376. The number of nitrogens with zero attached hydrogens (tertiary/aromatic N) is 2. The van der Waals surface area contributed by atoms with Gasteiger partial charge in [-0.1, -0.05) is 18.2 Å². The third-order valence-electron chi connectivity index (χ3n) is 3.68. The molecule has 1 aromatic carbocycles. The predicted molar refractivity (Wildman–Crippen MR) is 102 cm³/mol. The Balaban J connectivity index is 1.49. The molecule has 0 aliphatic carbocycles. The van der Waals surface area contributed by atoms with E-state index in [0.717, 1.165) is 4.88 Å². The van der Waals surface area contributed by atoms with E-state index in [1.807, 2.05) is 17.5 Å². The Kier molecular flexibility index (Phi) is 6.09. The van der Waals surface area contributed by atoms with Gasteiger partial charge < -0.3 is 0 Å². The standard InChI is InChI=1S/C17H16FN5O2S2/c18-12-5-3-11(4-6-12)10-15(25)20-19-14(24)7-8-23-16(21-22-17(23)26)13-2-1-9-27-13/h1-6,9H,7-8,10H2,(H,19,24)(H,20,25)(H,22,26). The Hall–Kier alpha value is -2.85. The van der Waals surface area contributed by atoms with Crippen LogP contribution in [0.25, 0.3) is 10.7 Å². The number of rotatable bonds is 6. The Morgan fingerprint density at radius 3 is 2.63 bits per heavy atom. The van der Waals surface area contributed by atoms with E-state index >= 15 is 0 Å². The lowest BCUT2D eigenvalue weighted by molar-refractivity contribution is -0.128. The topological polar surface area (TPSA) is 91.8 Å². The summed E-state index contributed by atoms with van der Waals surface area (Å²) in [7, 11) is 0. The number of H-pyrrole nitrogens is 1. The summed E-state index contributed by atoms with van der Waals surface area (Å²) in [5.41, 5.74) is 5.35. The van der Waals surface area contributed by atoms with Gasteiger partial charge in [0.1, 0.15) is 5.82 Å². The summed E-state index contributed by atoms with van der Waals surface area (Å²) in [6, 6.07) is 9.42. The van der Waals surface area contributed by atoms with E-state index in [4.69, 9.17) is 12.2 Å². The normalized spacial score (nSPS) is 10.6. The van der Waals surface area contributed by atoms with Gasteiger partial charge in [-0.05, 0) is 41.4 Å². The molecule has 2 heterocycles. The smallest absolute Gasteiger partial charge is 0.242 e. The first-order chi connectivity index (χ1) is 13.0. The van der Waals surface area contributed by atoms with Crippen LogP contribution in [0.15, 0.2) is 41.8 Å². The zero-order valence-corrected chi connectivity index (χ0v) is 15.7. The average Bonchev–Trinajstić information content (AvgIpc) is 3.30. The van der Waals surface area contributed by atoms with Crippen LogP contribution in [0.4, 0.5) is 4.39 Å². The van der Waals surface area contributed by atoms with Gasteiger partial charge in [0.25, 0.3) is 0 Å². The number of carbonyl (C=O) groups excluding carboxylic acids is 2. The number of halogens is 1. The minimum Gasteiger partial charge on any atom is -0.299 e. The highest BCUT2D eigenvalue weighted by Crippen LogP contribution is 2.22. The Morgan fingerprint density at radius 1 is 1.19 bits per heavy atom. The summed E-state index contributed by atoms with van der Waals surface area (Å²) >= 11 is 6.73. The quantitative estimate of drug-likeness (QED) is 0.434. The first-order valence-corrected chi connectivity index (χ1v) is 9.33. The average molecular weight is 405 g/mol. The van der Waals surface area contributed by atoms with Gasteiger partial charge in [-0.3, -0.25) is 30.1 Å². The second-order valence-corrected chi connectivity index (χ2v) is 6.97. The van der Waals surface area contributed by atoms with Gasteiger partial charge in [0.15, 0.2) is 10.6 Å². The number of amides is 2. The number of hydrazine groups is 1. The molecule has 2 amide bonds. The largest absolute Gasteiger partial charge is 0.299 e. The zero-order valence-electron chi connectivity index (χ0n) is 14.1. The van der Waals surface area contributed by atoms with E-state index in [9.17, 15) is 14.0 Å². The molecule has 0 atom stereocenters. The van der Waals surface area contributed by atoms with Crippen LogP contribution in [0.3, 0.4) is 0 Å². The van der Waals surface area contributed by atoms with Gasteiger partial charge in [0.2, 0.25) is 11.8 Å². The van der Waals surface area contributed by atoms with E-state index in [-0.39, 0.29) is 24.6 Å². The van der Waals surface area contributed by atoms with E-state index in [0.29, 0.717) is 22.7 Å². The highest BCUT2D eigenvalue weighted by atomic mass is 32.1. The van der Waals surface area contributed by atoms with Gasteiger partial charge >= 0.3 is 0 Å². The predicted octanol–water partition coefficient (Wildman–Crippen LogP) is 2.59. The third-order valence-corrected chi connectivity index (χ3v) is 4.86. The summed E-state index contributed by atoms with van der Waals surface area (Å²) in [5, 5.41) is 8.85. The number of aromatic amines is 1. The van der Waals surface area contributed by atoms with Crippen molar-refractivity contribution >= 4 is 35.4 Å². The monoisotopic (exact) mass is 405 g/mol. The van der Waals surface area contributed by atoms with Crippen LogP contribution in [0.2, 0.25) is 0 Å². The van der Waals surface area contributed by atoms with E-state index in [1.165, 1.54) is 35.6 Å². The SMILES string of the molecule is O=C(CCn1c(-c2cccs2)n[nH]c1=S)NNC(=O)Cc1ccc(F)cc1. The van der Waals surface area contributed by atoms with Crippen LogP contribution in [0.1, 0.15) is 12.0 Å². The molecule has 10 heteroatoms. The number of benzene rings is 1. The summed E-state index contributed by atoms with van der Waals surface area (Å²) in [5.74, 6) is -0.452. The van der Waals surface area contributed by atoms with Crippen LogP contribution in [0.5, 0.6) is 0 Å². The molecule has 0 bridgehead atoms. The zero-order chi connectivity index (χ0) is 19.2. The molecule has 7 nitrogen and oxygen atoms in total. The molecule has 0 aliphatic heterocycles. The van der Waals surface area contributed by atoms with Gasteiger partial charge in [-0.25, -0.2) is 4.39 Å². The van der Waals surface area contributed by atoms with Gasteiger partial charge in [0, 0.05) is 13.0 Å².